The molecular formula is C20H20N2O3. The van der Waals surface area contributed by atoms with E-state index in [9.17, 15) is 0 Å². The molecule has 1 N–H and O–H groups in total. The third-order valence-electron chi connectivity index (χ3n) is 4.86. The number of methoxy groups -OCH3 is 3. The van der Waals surface area contributed by atoms with E-state index in [2.05, 4.69) is 31.0 Å². The Bertz CT molecular complexity index is 1130. The fourth-order valence-corrected chi connectivity index (χ4v) is 3.62. The molecule has 128 valence electrons. The molecule has 0 amide bonds. The molecule has 2 aromatic carbocycles. The smallest absolute Gasteiger partial charge is 0.204 e. The van der Waals surface area contributed by atoms with Crippen molar-refractivity contribution in [1.29, 1.82) is 0 Å². The summed E-state index contributed by atoms with van der Waals surface area (Å²) in [6.07, 6.45) is 1.96. The Morgan fingerprint density at radius 2 is 1.64 bits per heavy atom. The Morgan fingerprint density at radius 1 is 0.880 bits per heavy atom. The van der Waals surface area contributed by atoms with Gasteiger partial charge in [-0.05, 0) is 36.9 Å². The second-order valence-corrected chi connectivity index (χ2v) is 6.11. The Kier molecular flexibility index (Phi) is 3.46. The Hall–Kier alpha value is -2.95. The Balaban J connectivity index is 2.26. The van der Waals surface area contributed by atoms with E-state index in [-0.39, 0.29) is 0 Å². The van der Waals surface area contributed by atoms with Crippen LogP contribution in [0, 0.1) is 13.8 Å². The normalized spacial score (nSPS) is 11.4. The second kappa shape index (κ2) is 5.55. The average molecular weight is 336 g/mol. The minimum Gasteiger partial charge on any atom is -0.493 e. The molecule has 2 heterocycles. The number of hydrogen-bond donors (Lipinski definition) is 1. The number of H-pyrrole nitrogens is 1. The molecular weight excluding hydrogens is 316 g/mol. The SMILES string of the molecule is COc1cc2nc3c(C)c4cc[nH]c(C)c4cc3c2c(OC)c1OC. The number of rotatable bonds is 3. The van der Waals surface area contributed by atoms with Crippen LogP contribution in [0.1, 0.15) is 11.3 Å². The van der Waals surface area contributed by atoms with Gasteiger partial charge in [-0.3, -0.25) is 0 Å². The fraction of sp³-hybridized carbons (Fsp3) is 0.250. The van der Waals surface area contributed by atoms with Crippen molar-refractivity contribution in [1.82, 2.24) is 9.97 Å². The molecule has 4 rings (SSSR count). The lowest BCUT2D eigenvalue weighted by Crippen LogP contribution is -1.95. The van der Waals surface area contributed by atoms with Crippen LogP contribution in [0.4, 0.5) is 0 Å². The van der Waals surface area contributed by atoms with Crippen LogP contribution in [0.25, 0.3) is 32.6 Å². The maximum atomic E-state index is 5.69. The van der Waals surface area contributed by atoms with E-state index in [0.29, 0.717) is 17.2 Å². The topological polar surface area (TPSA) is 56.4 Å². The van der Waals surface area contributed by atoms with Crippen LogP contribution in [-0.2, 0) is 0 Å². The molecule has 25 heavy (non-hydrogen) atoms. The molecule has 0 saturated carbocycles. The first-order valence-corrected chi connectivity index (χ1v) is 8.10. The lowest BCUT2D eigenvalue weighted by molar-refractivity contribution is 0.327. The largest absolute Gasteiger partial charge is 0.493 e. The molecule has 4 aromatic rings. The van der Waals surface area contributed by atoms with Crippen LogP contribution in [0.3, 0.4) is 0 Å². The van der Waals surface area contributed by atoms with Gasteiger partial charge in [-0.25, -0.2) is 4.98 Å². The van der Waals surface area contributed by atoms with Crippen molar-refractivity contribution in [2.75, 3.05) is 21.3 Å². The summed E-state index contributed by atoms with van der Waals surface area (Å²) in [5.41, 5.74) is 4.09. The van der Waals surface area contributed by atoms with Crippen molar-refractivity contribution >= 4 is 32.6 Å². The van der Waals surface area contributed by atoms with Crippen LogP contribution in [0.15, 0.2) is 24.4 Å². The number of aromatic nitrogens is 2. The predicted molar refractivity (Wildman–Crippen MR) is 100 cm³/mol. The number of pyridine rings is 1. The van der Waals surface area contributed by atoms with E-state index in [1.54, 1.807) is 21.3 Å². The van der Waals surface area contributed by atoms with Crippen molar-refractivity contribution in [3.05, 3.63) is 35.7 Å². The summed E-state index contributed by atoms with van der Waals surface area (Å²) < 4.78 is 16.7. The number of ether oxygens (including phenoxy) is 3. The fourth-order valence-electron chi connectivity index (χ4n) is 3.62. The summed E-state index contributed by atoms with van der Waals surface area (Å²) in [6.45, 7) is 4.18. The van der Waals surface area contributed by atoms with Gasteiger partial charge in [-0.2, -0.15) is 0 Å². The maximum Gasteiger partial charge on any atom is 0.204 e. The molecule has 2 aromatic heterocycles. The van der Waals surface area contributed by atoms with Gasteiger partial charge in [0.25, 0.3) is 0 Å². The molecule has 0 aliphatic heterocycles. The maximum absolute atomic E-state index is 5.69. The molecule has 0 saturated heterocycles. The molecule has 0 aliphatic carbocycles. The van der Waals surface area contributed by atoms with Gasteiger partial charge in [0.05, 0.1) is 37.7 Å². The minimum absolute atomic E-state index is 0.584. The van der Waals surface area contributed by atoms with Gasteiger partial charge < -0.3 is 19.2 Å². The summed E-state index contributed by atoms with van der Waals surface area (Å²) >= 11 is 0. The highest BCUT2D eigenvalue weighted by molar-refractivity contribution is 6.17. The van der Waals surface area contributed by atoms with Crippen LogP contribution in [0.5, 0.6) is 17.2 Å². The average Bonchev–Trinajstić information content (AvgIpc) is 2.99. The molecule has 5 nitrogen and oxygen atoms in total. The predicted octanol–water partition coefficient (Wildman–Crippen LogP) is 4.51. The Morgan fingerprint density at radius 3 is 2.32 bits per heavy atom. The highest BCUT2D eigenvalue weighted by atomic mass is 16.5. The number of benzene rings is 2. The first kappa shape index (κ1) is 15.6. The molecule has 0 radical (unpaired) electrons. The first-order valence-electron chi connectivity index (χ1n) is 8.10. The molecule has 0 fully saturated rings. The van der Waals surface area contributed by atoms with Crippen molar-refractivity contribution in [3.8, 4) is 17.2 Å². The monoisotopic (exact) mass is 336 g/mol. The van der Waals surface area contributed by atoms with Gasteiger partial charge >= 0.3 is 0 Å². The van der Waals surface area contributed by atoms with Crippen LogP contribution < -0.4 is 14.2 Å². The van der Waals surface area contributed by atoms with Crippen molar-refractivity contribution in [2.24, 2.45) is 0 Å². The number of aromatic amines is 1. The summed E-state index contributed by atoms with van der Waals surface area (Å²) in [4.78, 5) is 8.14. The number of aryl methyl sites for hydroxylation is 2. The first-order chi connectivity index (χ1) is 12.1. The van der Waals surface area contributed by atoms with Gasteiger partial charge in [0.2, 0.25) is 5.75 Å². The molecule has 0 bridgehead atoms. The zero-order valence-electron chi connectivity index (χ0n) is 15.0. The summed E-state index contributed by atoms with van der Waals surface area (Å²) in [5.74, 6) is 1.85. The van der Waals surface area contributed by atoms with Gasteiger partial charge in [0.15, 0.2) is 11.5 Å². The van der Waals surface area contributed by atoms with Gasteiger partial charge in [0, 0.05) is 28.7 Å². The summed E-state index contributed by atoms with van der Waals surface area (Å²) in [6, 6.07) is 6.17. The molecule has 0 unspecified atom stereocenters. The molecule has 0 spiro atoms. The highest BCUT2D eigenvalue weighted by Gasteiger charge is 2.21. The number of nitrogens with one attached hydrogen (secondary N) is 1. The van der Waals surface area contributed by atoms with Crippen molar-refractivity contribution in [2.45, 2.75) is 13.8 Å². The third kappa shape index (κ3) is 2.05. The van der Waals surface area contributed by atoms with E-state index in [0.717, 1.165) is 33.1 Å². The second-order valence-electron chi connectivity index (χ2n) is 6.11. The zero-order chi connectivity index (χ0) is 17.7. The summed E-state index contributed by atoms with van der Waals surface area (Å²) in [7, 11) is 4.87. The minimum atomic E-state index is 0.584. The van der Waals surface area contributed by atoms with E-state index in [1.165, 1.54) is 10.8 Å². The lowest BCUT2D eigenvalue weighted by atomic mass is 10.0. The number of nitrogens with zero attached hydrogens (tertiary/aromatic N) is 1. The van der Waals surface area contributed by atoms with Crippen LogP contribution in [0.2, 0.25) is 0 Å². The molecule has 5 heteroatoms. The van der Waals surface area contributed by atoms with Gasteiger partial charge in [-0.15, -0.1) is 0 Å². The van der Waals surface area contributed by atoms with E-state index >= 15 is 0 Å². The van der Waals surface area contributed by atoms with Gasteiger partial charge in [0.1, 0.15) is 0 Å². The number of hydrogen-bond acceptors (Lipinski definition) is 4. The van der Waals surface area contributed by atoms with E-state index in [1.807, 2.05) is 12.3 Å². The number of fused-ring (bicyclic) bond motifs is 4. The van der Waals surface area contributed by atoms with Crippen LogP contribution >= 0.6 is 0 Å². The standard InChI is InChI=1S/C20H20N2O3/c1-10-12-6-7-21-11(2)13(12)8-14-17-15(22-18(10)14)9-16(23-3)19(24-4)20(17)25-5/h6-9,21H,1-5H3. The Labute approximate surface area is 145 Å². The van der Waals surface area contributed by atoms with Crippen LogP contribution in [-0.4, -0.2) is 31.3 Å². The van der Waals surface area contributed by atoms with Gasteiger partial charge in [-0.1, -0.05) is 0 Å². The van der Waals surface area contributed by atoms with E-state index in [4.69, 9.17) is 19.2 Å². The van der Waals surface area contributed by atoms with Crippen molar-refractivity contribution in [3.63, 3.8) is 0 Å². The molecule has 0 aliphatic rings. The molecule has 0 atom stereocenters. The summed E-state index contributed by atoms with van der Waals surface area (Å²) in [5, 5.41) is 4.38. The quantitative estimate of drug-likeness (QED) is 0.598. The highest BCUT2D eigenvalue weighted by Crippen LogP contribution is 2.47. The lowest BCUT2D eigenvalue weighted by Gasteiger charge is -2.13. The third-order valence-corrected chi connectivity index (χ3v) is 4.86. The van der Waals surface area contributed by atoms with E-state index < -0.39 is 0 Å². The van der Waals surface area contributed by atoms with Crippen molar-refractivity contribution < 1.29 is 14.2 Å². The zero-order valence-corrected chi connectivity index (χ0v) is 15.0.